The fourth-order valence-corrected chi connectivity index (χ4v) is 3.21. The lowest BCUT2D eigenvalue weighted by Crippen LogP contribution is -2.49. The van der Waals surface area contributed by atoms with Crippen LogP contribution in [0.3, 0.4) is 0 Å². The maximum absolute atomic E-state index is 11.7. The molecule has 1 heterocycles. The molecule has 1 aliphatic heterocycles. The van der Waals surface area contributed by atoms with Crippen molar-refractivity contribution in [3.8, 4) is 0 Å². The van der Waals surface area contributed by atoms with E-state index in [2.05, 4.69) is 16.0 Å². The van der Waals surface area contributed by atoms with Gasteiger partial charge >= 0.3 is 0 Å². The number of piperazine rings is 1. The summed E-state index contributed by atoms with van der Waals surface area (Å²) >= 11 is 1.33. The van der Waals surface area contributed by atoms with Crippen LogP contribution in [0, 0.1) is 5.92 Å². The average Bonchev–Trinajstić information content (AvgIpc) is 2.45. The van der Waals surface area contributed by atoms with Crippen molar-refractivity contribution in [2.75, 3.05) is 50.8 Å². The second kappa shape index (κ2) is 9.77. The molecule has 3 N–H and O–H groups in total. The minimum Gasteiger partial charge on any atom is -0.355 e. The number of nitrogens with zero attached hydrogens (tertiary/aromatic N) is 1. The van der Waals surface area contributed by atoms with Crippen molar-refractivity contribution < 1.29 is 14.4 Å². The molecule has 2 aliphatic rings. The monoisotopic (exact) mass is 342 g/mol. The van der Waals surface area contributed by atoms with Gasteiger partial charge in [0.25, 0.3) is 0 Å². The van der Waals surface area contributed by atoms with Gasteiger partial charge in [-0.25, -0.2) is 0 Å². The van der Waals surface area contributed by atoms with E-state index in [4.69, 9.17) is 0 Å². The Morgan fingerprint density at radius 1 is 1.22 bits per heavy atom. The number of hydrogen-bond acceptors (Lipinski definition) is 5. The molecule has 1 aliphatic carbocycles. The molecule has 1 saturated carbocycles. The smallest absolute Gasteiger partial charge is 0.234 e. The van der Waals surface area contributed by atoms with Crippen molar-refractivity contribution in [2.24, 2.45) is 5.92 Å². The molecule has 1 saturated heterocycles. The zero-order chi connectivity index (χ0) is 16.5. The lowest BCUT2D eigenvalue weighted by molar-refractivity contribution is -0.124. The molecule has 8 heteroatoms. The number of carbonyl (C=O) groups excluding carboxylic acids is 3. The number of nitrogens with one attached hydrogen (secondary N) is 3. The number of hydrogen-bond donors (Lipinski definition) is 3. The number of amides is 3. The van der Waals surface area contributed by atoms with E-state index in [9.17, 15) is 14.4 Å². The maximum atomic E-state index is 11.7. The van der Waals surface area contributed by atoms with E-state index in [1.807, 2.05) is 4.90 Å². The molecule has 0 aromatic rings. The van der Waals surface area contributed by atoms with Gasteiger partial charge in [-0.15, -0.1) is 11.8 Å². The zero-order valence-electron chi connectivity index (χ0n) is 13.4. The standard InChI is InChI=1S/C15H26N4O3S/c20-13-9-19(6-4-16-13)7-5-17-14(21)10-23-11-15(22)18-8-12-2-1-3-12/h12H,1-11H2,(H,16,20)(H,17,21)(H,18,22). The van der Waals surface area contributed by atoms with Crippen molar-refractivity contribution in [2.45, 2.75) is 19.3 Å². The van der Waals surface area contributed by atoms with Crippen LogP contribution in [0.4, 0.5) is 0 Å². The number of carbonyl (C=O) groups is 3. The largest absolute Gasteiger partial charge is 0.355 e. The highest BCUT2D eigenvalue weighted by Gasteiger charge is 2.18. The molecule has 2 fully saturated rings. The Morgan fingerprint density at radius 2 is 1.96 bits per heavy atom. The lowest BCUT2D eigenvalue weighted by atomic mass is 9.85. The van der Waals surface area contributed by atoms with Crippen molar-refractivity contribution in [3.63, 3.8) is 0 Å². The average molecular weight is 342 g/mol. The van der Waals surface area contributed by atoms with Gasteiger partial charge in [-0.05, 0) is 18.8 Å². The SMILES string of the molecule is O=C(CSCC(=O)NCC1CCC1)NCCN1CCNC(=O)C1. The first kappa shape index (κ1) is 18.1. The first-order valence-electron chi connectivity index (χ1n) is 8.23. The Balaban J connectivity index is 1.44. The van der Waals surface area contributed by atoms with Crippen LogP contribution >= 0.6 is 11.8 Å². The van der Waals surface area contributed by atoms with Crippen LogP contribution in [-0.4, -0.2) is 73.4 Å². The second-order valence-electron chi connectivity index (χ2n) is 6.07. The summed E-state index contributed by atoms with van der Waals surface area (Å²) in [5, 5.41) is 8.50. The highest BCUT2D eigenvalue weighted by molar-refractivity contribution is 8.00. The molecule has 0 bridgehead atoms. The van der Waals surface area contributed by atoms with Crippen molar-refractivity contribution in [1.82, 2.24) is 20.9 Å². The van der Waals surface area contributed by atoms with Gasteiger partial charge in [-0.3, -0.25) is 19.3 Å². The number of thioether (sulfide) groups is 1. The fraction of sp³-hybridized carbons (Fsp3) is 0.800. The molecular formula is C15H26N4O3S. The summed E-state index contributed by atoms with van der Waals surface area (Å²) in [5.74, 6) is 1.25. The molecule has 0 spiro atoms. The van der Waals surface area contributed by atoms with Crippen LogP contribution < -0.4 is 16.0 Å². The Bertz CT molecular complexity index is 429. The third-order valence-electron chi connectivity index (χ3n) is 4.15. The second-order valence-corrected chi connectivity index (χ2v) is 7.06. The Kier molecular flexibility index (Phi) is 7.67. The highest BCUT2D eigenvalue weighted by atomic mass is 32.2. The molecule has 23 heavy (non-hydrogen) atoms. The van der Waals surface area contributed by atoms with Crippen LogP contribution in [-0.2, 0) is 14.4 Å². The van der Waals surface area contributed by atoms with Gasteiger partial charge in [0, 0.05) is 32.7 Å². The predicted molar refractivity (Wildman–Crippen MR) is 90.1 cm³/mol. The van der Waals surface area contributed by atoms with E-state index in [-0.39, 0.29) is 23.5 Å². The van der Waals surface area contributed by atoms with Crippen LogP contribution in [0.1, 0.15) is 19.3 Å². The van der Waals surface area contributed by atoms with Gasteiger partial charge in [0.2, 0.25) is 17.7 Å². The third kappa shape index (κ3) is 7.22. The Labute approximate surface area is 141 Å². The molecule has 0 unspecified atom stereocenters. The quantitative estimate of drug-likeness (QED) is 0.510. The molecule has 0 radical (unpaired) electrons. The van der Waals surface area contributed by atoms with Crippen molar-refractivity contribution >= 4 is 29.5 Å². The topological polar surface area (TPSA) is 90.5 Å². The number of rotatable bonds is 9. The van der Waals surface area contributed by atoms with Gasteiger partial charge in [-0.1, -0.05) is 6.42 Å². The normalized spacial score (nSPS) is 18.9. The van der Waals surface area contributed by atoms with Gasteiger partial charge in [0.15, 0.2) is 0 Å². The highest BCUT2D eigenvalue weighted by Crippen LogP contribution is 2.25. The lowest BCUT2D eigenvalue weighted by Gasteiger charge is -2.26. The van der Waals surface area contributed by atoms with Crippen LogP contribution in [0.2, 0.25) is 0 Å². The molecule has 3 amide bonds. The van der Waals surface area contributed by atoms with E-state index in [0.717, 1.165) is 13.1 Å². The summed E-state index contributed by atoms with van der Waals surface area (Å²) in [5.41, 5.74) is 0. The van der Waals surface area contributed by atoms with Gasteiger partial charge in [0.1, 0.15) is 0 Å². The van der Waals surface area contributed by atoms with Gasteiger partial charge in [0.05, 0.1) is 18.1 Å². The van der Waals surface area contributed by atoms with Gasteiger partial charge < -0.3 is 16.0 Å². The molecule has 7 nitrogen and oxygen atoms in total. The summed E-state index contributed by atoms with van der Waals surface area (Å²) in [6, 6.07) is 0. The minimum atomic E-state index is -0.0664. The third-order valence-corrected chi connectivity index (χ3v) is 5.08. The molecular weight excluding hydrogens is 316 g/mol. The van der Waals surface area contributed by atoms with E-state index >= 15 is 0 Å². The fourth-order valence-electron chi connectivity index (χ4n) is 2.53. The molecule has 2 rings (SSSR count). The van der Waals surface area contributed by atoms with Crippen LogP contribution in [0.5, 0.6) is 0 Å². The van der Waals surface area contributed by atoms with E-state index < -0.39 is 0 Å². The Morgan fingerprint density at radius 3 is 2.61 bits per heavy atom. The van der Waals surface area contributed by atoms with Crippen LogP contribution in [0.25, 0.3) is 0 Å². The summed E-state index contributed by atoms with van der Waals surface area (Å²) in [4.78, 5) is 36.5. The minimum absolute atomic E-state index is 0.00836. The Hall–Kier alpha value is -1.28. The van der Waals surface area contributed by atoms with Crippen LogP contribution in [0.15, 0.2) is 0 Å². The van der Waals surface area contributed by atoms with E-state index in [0.29, 0.717) is 37.8 Å². The van der Waals surface area contributed by atoms with E-state index in [1.54, 1.807) is 0 Å². The zero-order valence-corrected chi connectivity index (χ0v) is 14.3. The summed E-state index contributed by atoms with van der Waals surface area (Å²) < 4.78 is 0. The molecule has 0 aromatic carbocycles. The first-order chi connectivity index (χ1) is 11.1. The molecule has 0 atom stereocenters. The maximum Gasteiger partial charge on any atom is 0.234 e. The first-order valence-corrected chi connectivity index (χ1v) is 9.39. The van der Waals surface area contributed by atoms with Gasteiger partial charge in [-0.2, -0.15) is 0 Å². The van der Waals surface area contributed by atoms with Crippen molar-refractivity contribution in [3.05, 3.63) is 0 Å². The summed E-state index contributed by atoms with van der Waals surface area (Å²) in [6.45, 7) is 3.85. The predicted octanol–water partition coefficient (Wildman–Crippen LogP) is -0.816. The summed E-state index contributed by atoms with van der Waals surface area (Å²) in [7, 11) is 0. The molecule has 130 valence electrons. The van der Waals surface area contributed by atoms with E-state index in [1.165, 1.54) is 31.0 Å². The van der Waals surface area contributed by atoms with Crippen molar-refractivity contribution in [1.29, 1.82) is 0 Å². The molecule has 0 aromatic heterocycles. The summed E-state index contributed by atoms with van der Waals surface area (Å²) in [6.07, 6.45) is 3.71.